The van der Waals surface area contributed by atoms with Crippen molar-refractivity contribution in [2.24, 2.45) is 0 Å². The van der Waals surface area contributed by atoms with Gasteiger partial charge in [-0.15, -0.1) is 11.3 Å². The molecule has 156 valence electrons. The first-order valence-corrected chi connectivity index (χ1v) is 11.2. The molecule has 0 aliphatic rings. The third-order valence-corrected chi connectivity index (χ3v) is 5.89. The van der Waals surface area contributed by atoms with Gasteiger partial charge in [-0.05, 0) is 17.7 Å². The average Bonchev–Trinajstić information content (AvgIpc) is 3.30. The van der Waals surface area contributed by atoms with E-state index in [2.05, 4.69) is 22.8 Å². The number of carbonyl (C=O) groups is 1. The van der Waals surface area contributed by atoms with Gasteiger partial charge in [-0.1, -0.05) is 78.3 Å². The lowest BCUT2D eigenvalue weighted by Gasteiger charge is -2.09. The van der Waals surface area contributed by atoms with Gasteiger partial charge in [0.2, 0.25) is 5.91 Å². The van der Waals surface area contributed by atoms with Crippen LogP contribution >= 0.6 is 22.9 Å². The maximum Gasteiger partial charge on any atom is 0.223 e. The van der Waals surface area contributed by atoms with Crippen molar-refractivity contribution < 1.29 is 9.53 Å². The fourth-order valence-electron chi connectivity index (χ4n) is 3.02. The summed E-state index contributed by atoms with van der Waals surface area (Å²) in [5.74, 6) is 0.522. The van der Waals surface area contributed by atoms with Gasteiger partial charge in [0.1, 0.15) is 10.8 Å². The molecule has 1 N–H and O–H groups in total. The van der Waals surface area contributed by atoms with Crippen LogP contribution in [0.4, 0.5) is 0 Å². The Bertz CT molecular complexity index is 1140. The predicted octanol–water partition coefficient (Wildman–Crippen LogP) is 6.22. The van der Waals surface area contributed by atoms with Crippen molar-refractivity contribution in [2.75, 3.05) is 6.61 Å². The summed E-state index contributed by atoms with van der Waals surface area (Å²) in [7, 11) is 0. The van der Waals surface area contributed by atoms with Crippen molar-refractivity contribution in [3.05, 3.63) is 94.8 Å². The number of hydrogen-bond donors (Lipinski definition) is 1. The summed E-state index contributed by atoms with van der Waals surface area (Å²) in [6, 6.07) is 25.5. The van der Waals surface area contributed by atoms with E-state index in [1.165, 1.54) is 0 Å². The molecular formula is C25H21ClN2O2S. The minimum Gasteiger partial charge on any atom is -0.491 e. The number of benzene rings is 3. The van der Waals surface area contributed by atoms with Crippen LogP contribution in [-0.4, -0.2) is 17.5 Å². The SMILES string of the molecule is O=C(CCOc1ccccc1Cl)NCc1ccc(-c2nc(-c3ccccc3)cs2)cc1. The second kappa shape index (κ2) is 10.2. The summed E-state index contributed by atoms with van der Waals surface area (Å²) in [4.78, 5) is 16.8. The predicted molar refractivity (Wildman–Crippen MR) is 126 cm³/mol. The number of nitrogens with one attached hydrogen (secondary N) is 1. The molecule has 0 fully saturated rings. The lowest BCUT2D eigenvalue weighted by atomic mass is 10.1. The standard InChI is InChI=1S/C25H21ClN2O2S/c26-21-8-4-5-9-23(21)30-15-14-24(29)27-16-18-10-12-20(13-11-18)25-28-22(17-31-25)19-6-2-1-3-7-19/h1-13,17H,14-16H2,(H,27,29). The first-order valence-electron chi connectivity index (χ1n) is 9.93. The number of carbonyl (C=O) groups excluding carboxylic acids is 1. The van der Waals surface area contributed by atoms with Crippen LogP contribution in [0.5, 0.6) is 5.75 Å². The van der Waals surface area contributed by atoms with Crippen LogP contribution < -0.4 is 10.1 Å². The quantitative estimate of drug-likeness (QED) is 0.348. The second-order valence-electron chi connectivity index (χ2n) is 6.91. The molecule has 4 aromatic rings. The molecule has 0 bridgehead atoms. The Morgan fingerprint density at radius 1 is 0.935 bits per heavy atom. The number of ether oxygens (including phenoxy) is 1. The number of thiazole rings is 1. The summed E-state index contributed by atoms with van der Waals surface area (Å²) in [5.41, 5.74) is 4.19. The molecule has 0 spiro atoms. The van der Waals surface area contributed by atoms with Crippen LogP contribution in [0.15, 0.2) is 84.2 Å². The van der Waals surface area contributed by atoms with E-state index in [1.807, 2.05) is 54.6 Å². The molecule has 3 aromatic carbocycles. The van der Waals surface area contributed by atoms with E-state index in [1.54, 1.807) is 23.5 Å². The molecule has 6 heteroatoms. The van der Waals surface area contributed by atoms with E-state index < -0.39 is 0 Å². The number of halogens is 1. The van der Waals surface area contributed by atoms with Gasteiger partial charge in [-0.3, -0.25) is 4.79 Å². The zero-order valence-electron chi connectivity index (χ0n) is 16.8. The van der Waals surface area contributed by atoms with Gasteiger partial charge in [0.15, 0.2) is 0 Å². The second-order valence-corrected chi connectivity index (χ2v) is 8.17. The molecule has 4 rings (SSSR count). The van der Waals surface area contributed by atoms with Gasteiger partial charge in [0.25, 0.3) is 0 Å². The minimum atomic E-state index is -0.0662. The first-order chi connectivity index (χ1) is 15.2. The molecule has 1 amide bonds. The van der Waals surface area contributed by atoms with Crippen molar-refractivity contribution >= 4 is 28.8 Å². The molecule has 0 saturated heterocycles. The normalized spacial score (nSPS) is 10.6. The van der Waals surface area contributed by atoms with Crippen molar-refractivity contribution in [3.8, 4) is 27.6 Å². The Kier molecular flexibility index (Phi) is 6.97. The summed E-state index contributed by atoms with van der Waals surface area (Å²) in [6.07, 6.45) is 0.269. The monoisotopic (exact) mass is 448 g/mol. The number of aromatic nitrogens is 1. The van der Waals surface area contributed by atoms with Crippen LogP contribution in [0.3, 0.4) is 0 Å². The molecule has 0 aliphatic heterocycles. The van der Waals surface area contributed by atoms with Gasteiger partial charge >= 0.3 is 0 Å². The molecule has 0 saturated carbocycles. The smallest absolute Gasteiger partial charge is 0.223 e. The lowest BCUT2D eigenvalue weighted by molar-refractivity contribution is -0.121. The third kappa shape index (κ3) is 5.72. The number of nitrogens with zero attached hydrogens (tertiary/aromatic N) is 1. The maximum atomic E-state index is 12.1. The van der Waals surface area contributed by atoms with Crippen molar-refractivity contribution in [2.45, 2.75) is 13.0 Å². The van der Waals surface area contributed by atoms with E-state index in [0.29, 0.717) is 17.3 Å². The third-order valence-electron chi connectivity index (χ3n) is 4.69. The van der Waals surface area contributed by atoms with Crippen molar-refractivity contribution in [1.29, 1.82) is 0 Å². The zero-order chi connectivity index (χ0) is 21.5. The average molecular weight is 449 g/mol. The summed E-state index contributed by atoms with van der Waals surface area (Å²) in [5, 5.41) is 6.51. The summed E-state index contributed by atoms with van der Waals surface area (Å²) < 4.78 is 5.56. The highest BCUT2D eigenvalue weighted by atomic mass is 35.5. The summed E-state index contributed by atoms with van der Waals surface area (Å²) >= 11 is 7.67. The highest BCUT2D eigenvalue weighted by Gasteiger charge is 2.08. The van der Waals surface area contributed by atoms with Gasteiger partial charge in [-0.25, -0.2) is 4.98 Å². The topological polar surface area (TPSA) is 51.2 Å². The van der Waals surface area contributed by atoms with Crippen molar-refractivity contribution in [1.82, 2.24) is 10.3 Å². The molecule has 0 atom stereocenters. The molecule has 1 aromatic heterocycles. The Morgan fingerprint density at radius 2 is 1.68 bits per heavy atom. The Hall–Kier alpha value is -3.15. The number of hydrogen-bond acceptors (Lipinski definition) is 4. The number of amides is 1. The Labute approximate surface area is 190 Å². The fourth-order valence-corrected chi connectivity index (χ4v) is 4.04. The molecule has 0 unspecified atom stereocenters. The van der Waals surface area contributed by atoms with Gasteiger partial charge < -0.3 is 10.1 Å². The molecule has 31 heavy (non-hydrogen) atoms. The zero-order valence-corrected chi connectivity index (χ0v) is 18.3. The van der Waals surface area contributed by atoms with Crippen LogP contribution in [0, 0.1) is 0 Å². The van der Waals surface area contributed by atoms with Gasteiger partial charge in [0.05, 0.1) is 23.7 Å². The highest BCUT2D eigenvalue weighted by molar-refractivity contribution is 7.13. The fraction of sp³-hybridized carbons (Fsp3) is 0.120. The van der Waals surface area contributed by atoms with Crippen LogP contribution in [0.2, 0.25) is 5.02 Å². The number of para-hydroxylation sites is 1. The minimum absolute atomic E-state index is 0.0662. The van der Waals surface area contributed by atoms with E-state index in [4.69, 9.17) is 21.3 Å². The van der Waals surface area contributed by atoms with Gasteiger partial charge in [-0.2, -0.15) is 0 Å². The van der Waals surface area contributed by atoms with Crippen LogP contribution in [0.1, 0.15) is 12.0 Å². The van der Waals surface area contributed by atoms with E-state index >= 15 is 0 Å². The summed E-state index contributed by atoms with van der Waals surface area (Å²) in [6.45, 7) is 0.751. The van der Waals surface area contributed by atoms with Crippen LogP contribution in [-0.2, 0) is 11.3 Å². The maximum absolute atomic E-state index is 12.1. The molecule has 4 nitrogen and oxygen atoms in total. The number of rotatable bonds is 8. The van der Waals surface area contributed by atoms with Crippen LogP contribution in [0.25, 0.3) is 21.8 Å². The lowest BCUT2D eigenvalue weighted by Crippen LogP contribution is -2.24. The first kappa shape index (κ1) is 21.1. The highest BCUT2D eigenvalue weighted by Crippen LogP contribution is 2.29. The molecular weight excluding hydrogens is 428 g/mol. The Morgan fingerprint density at radius 3 is 2.45 bits per heavy atom. The van der Waals surface area contributed by atoms with Gasteiger partial charge in [0, 0.05) is 23.1 Å². The Balaban J connectivity index is 1.26. The van der Waals surface area contributed by atoms with Crippen molar-refractivity contribution in [3.63, 3.8) is 0 Å². The largest absolute Gasteiger partial charge is 0.491 e. The van der Waals surface area contributed by atoms with E-state index in [9.17, 15) is 4.79 Å². The molecule has 0 aliphatic carbocycles. The molecule has 0 radical (unpaired) electrons. The van der Waals surface area contributed by atoms with E-state index in [-0.39, 0.29) is 18.9 Å². The van der Waals surface area contributed by atoms with E-state index in [0.717, 1.165) is 27.4 Å². The molecule has 1 heterocycles.